The van der Waals surface area contributed by atoms with Crippen LogP contribution in [0.15, 0.2) is 30.5 Å². The minimum absolute atomic E-state index is 0.0881. The summed E-state index contributed by atoms with van der Waals surface area (Å²) in [4.78, 5) is 41.5. The van der Waals surface area contributed by atoms with Crippen molar-refractivity contribution >= 4 is 28.9 Å². The van der Waals surface area contributed by atoms with E-state index in [0.717, 1.165) is 29.3 Å². The zero-order valence-corrected chi connectivity index (χ0v) is 22.4. The Morgan fingerprint density at radius 1 is 1.16 bits per heavy atom. The third-order valence-electron chi connectivity index (χ3n) is 6.56. The normalized spacial score (nSPS) is 18.1. The fraction of sp³-hybridized carbons (Fsp3) is 0.607. The summed E-state index contributed by atoms with van der Waals surface area (Å²) in [5.74, 6) is -0.271. The molecule has 9 heteroatoms. The van der Waals surface area contributed by atoms with Crippen molar-refractivity contribution in [3.8, 4) is 0 Å². The number of carbonyl (C=O) groups excluding carboxylic acids is 3. The lowest BCUT2D eigenvalue weighted by atomic mass is 10.1. The number of morpholine rings is 1. The Morgan fingerprint density at radius 3 is 2.62 bits per heavy atom. The molecule has 202 valence electrons. The zero-order chi connectivity index (χ0) is 26.6. The summed E-state index contributed by atoms with van der Waals surface area (Å²) in [6.45, 7) is 9.74. The van der Waals surface area contributed by atoms with Crippen LogP contribution in [0.5, 0.6) is 0 Å². The third-order valence-corrected chi connectivity index (χ3v) is 6.56. The molecule has 37 heavy (non-hydrogen) atoms. The van der Waals surface area contributed by atoms with Gasteiger partial charge in [-0.15, -0.1) is 0 Å². The van der Waals surface area contributed by atoms with Crippen LogP contribution in [0.4, 0.5) is 4.79 Å². The summed E-state index contributed by atoms with van der Waals surface area (Å²) in [5.41, 5.74) is 1.54. The van der Waals surface area contributed by atoms with Crippen LogP contribution < -0.4 is 0 Å². The van der Waals surface area contributed by atoms with E-state index in [0.29, 0.717) is 45.7 Å². The fourth-order valence-corrected chi connectivity index (χ4v) is 4.69. The van der Waals surface area contributed by atoms with Crippen molar-refractivity contribution in [2.24, 2.45) is 0 Å². The standard InChI is InChI=1S/C28H39N3O6/c1-5-35-25(32)11-8-14-29-17-20(22-9-6-7-10-23(22)29)18-31(21-12-13-21)26(33)24-19-30(15-16-36-24)27(34)37-28(2,3)4/h6-7,9-10,17,21,24H,5,8,11-16,18-19H2,1-4H3. The second-order valence-electron chi connectivity index (χ2n) is 10.8. The molecule has 1 aliphatic heterocycles. The maximum absolute atomic E-state index is 13.7. The van der Waals surface area contributed by atoms with Crippen LogP contribution in [0.1, 0.15) is 58.9 Å². The first kappa shape index (κ1) is 27.0. The van der Waals surface area contributed by atoms with Crippen molar-refractivity contribution in [1.29, 1.82) is 0 Å². The van der Waals surface area contributed by atoms with Crippen LogP contribution in [0, 0.1) is 0 Å². The maximum Gasteiger partial charge on any atom is 0.410 e. The Hall–Kier alpha value is -3.07. The average molecular weight is 514 g/mol. The highest BCUT2D eigenvalue weighted by Gasteiger charge is 2.39. The van der Waals surface area contributed by atoms with Gasteiger partial charge in [0.05, 0.1) is 19.8 Å². The highest BCUT2D eigenvalue weighted by atomic mass is 16.6. The molecular formula is C28H39N3O6. The number of rotatable bonds is 9. The highest BCUT2D eigenvalue weighted by molar-refractivity contribution is 5.86. The Labute approximate surface area is 218 Å². The van der Waals surface area contributed by atoms with Crippen LogP contribution in [-0.2, 0) is 36.9 Å². The molecule has 0 radical (unpaired) electrons. The Morgan fingerprint density at radius 2 is 1.92 bits per heavy atom. The summed E-state index contributed by atoms with van der Waals surface area (Å²) in [6, 6.07) is 8.32. The molecule has 0 spiro atoms. The topological polar surface area (TPSA) is 90.3 Å². The zero-order valence-electron chi connectivity index (χ0n) is 22.4. The lowest BCUT2D eigenvalue weighted by molar-refractivity contribution is -0.150. The molecule has 2 heterocycles. The van der Waals surface area contributed by atoms with Crippen molar-refractivity contribution in [1.82, 2.24) is 14.4 Å². The number of nitrogens with zero attached hydrogens (tertiary/aromatic N) is 3. The van der Waals surface area contributed by atoms with Crippen LogP contribution >= 0.6 is 0 Å². The van der Waals surface area contributed by atoms with E-state index in [1.807, 2.05) is 44.7 Å². The Balaban J connectivity index is 1.47. The third kappa shape index (κ3) is 7.03. The Kier molecular flexibility index (Phi) is 8.42. The lowest BCUT2D eigenvalue weighted by Gasteiger charge is -2.35. The van der Waals surface area contributed by atoms with Crippen LogP contribution in [0.25, 0.3) is 10.9 Å². The summed E-state index contributed by atoms with van der Waals surface area (Å²) in [6.07, 6.45) is 3.94. The molecule has 2 amide bonds. The van der Waals surface area contributed by atoms with E-state index in [1.54, 1.807) is 4.90 Å². The van der Waals surface area contributed by atoms with Gasteiger partial charge in [-0.25, -0.2) is 4.79 Å². The minimum atomic E-state index is -0.709. The number of para-hydroxylation sites is 1. The molecule has 9 nitrogen and oxygen atoms in total. The molecule has 2 fully saturated rings. The number of esters is 1. The van der Waals surface area contributed by atoms with E-state index in [-0.39, 0.29) is 24.5 Å². The molecule has 1 aliphatic carbocycles. The molecule has 0 N–H and O–H groups in total. The fourth-order valence-electron chi connectivity index (χ4n) is 4.69. The lowest BCUT2D eigenvalue weighted by Crippen LogP contribution is -2.53. The van der Waals surface area contributed by atoms with Gasteiger partial charge >= 0.3 is 12.1 Å². The summed E-state index contributed by atoms with van der Waals surface area (Å²) in [7, 11) is 0. The van der Waals surface area contributed by atoms with Crippen molar-refractivity contribution in [2.45, 2.75) is 84.2 Å². The quantitative estimate of drug-likeness (QED) is 0.469. The molecule has 1 saturated heterocycles. The molecule has 1 saturated carbocycles. The van der Waals surface area contributed by atoms with Gasteiger partial charge in [0.25, 0.3) is 5.91 Å². The predicted molar refractivity (Wildman–Crippen MR) is 139 cm³/mol. The largest absolute Gasteiger partial charge is 0.466 e. The van der Waals surface area contributed by atoms with E-state index in [9.17, 15) is 14.4 Å². The van der Waals surface area contributed by atoms with Gasteiger partial charge in [0, 0.05) is 49.2 Å². The summed E-state index contributed by atoms with van der Waals surface area (Å²) < 4.78 is 18.6. The van der Waals surface area contributed by atoms with Gasteiger partial charge in [0.2, 0.25) is 0 Å². The maximum atomic E-state index is 13.7. The molecular weight excluding hydrogens is 474 g/mol. The number of aromatic nitrogens is 1. The number of fused-ring (bicyclic) bond motifs is 1. The molecule has 2 aromatic rings. The van der Waals surface area contributed by atoms with Gasteiger partial charge in [-0.1, -0.05) is 18.2 Å². The van der Waals surface area contributed by atoms with E-state index < -0.39 is 17.8 Å². The van der Waals surface area contributed by atoms with E-state index in [4.69, 9.17) is 14.2 Å². The van der Waals surface area contributed by atoms with Crippen molar-refractivity contribution in [3.05, 3.63) is 36.0 Å². The van der Waals surface area contributed by atoms with Crippen molar-refractivity contribution in [2.75, 3.05) is 26.3 Å². The van der Waals surface area contributed by atoms with Crippen molar-refractivity contribution in [3.63, 3.8) is 0 Å². The molecule has 4 rings (SSSR count). The van der Waals surface area contributed by atoms with E-state index >= 15 is 0 Å². The second-order valence-corrected chi connectivity index (χ2v) is 10.8. The second kappa shape index (κ2) is 11.5. The number of aryl methyl sites for hydroxylation is 1. The number of benzene rings is 1. The highest BCUT2D eigenvalue weighted by Crippen LogP contribution is 2.32. The van der Waals surface area contributed by atoms with Crippen molar-refractivity contribution < 1.29 is 28.6 Å². The van der Waals surface area contributed by atoms with Gasteiger partial charge in [0.15, 0.2) is 6.10 Å². The van der Waals surface area contributed by atoms with Crippen LogP contribution in [0.2, 0.25) is 0 Å². The first-order valence-electron chi connectivity index (χ1n) is 13.3. The number of carbonyl (C=O) groups is 3. The van der Waals surface area contributed by atoms with Gasteiger partial charge in [-0.2, -0.15) is 0 Å². The first-order valence-corrected chi connectivity index (χ1v) is 13.3. The predicted octanol–water partition coefficient (Wildman–Crippen LogP) is 4.11. The molecule has 1 aromatic heterocycles. The number of hydrogen-bond acceptors (Lipinski definition) is 6. The van der Waals surface area contributed by atoms with Gasteiger partial charge in [-0.05, 0) is 58.6 Å². The summed E-state index contributed by atoms with van der Waals surface area (Å²) in [5, 5.41) is 1.09. The van der Waals surface area contributed by atoms with Gasteiger partial charge in [-0.3, -0.25) is 9.59 Å². The van der Waals surface area contributed by atoms with Crippen LogP contribution in [-0.4, -0.2) is 76.4 Å². The summed E-state index contributed by atoms with van der Waals surface area (Å²) >= 11 is 0. The molecule has 0 bridgehead atoms. The number of amides is 2. The minimum Gasteiger partial charge on any atom is -0.466 e. The Bertz CT molecular complexity index is 1120. The molecule has 2 aliphatic rings. The molecule has 1 unspecified atom stereocenters. The van der Waals surface area contributed by atoms with E-state index in [1.165, 1.54) is 0 Å². The van der Waals surface area contributed by atoms with Gasteiger partial charge in [0.1, 0.15) is 5.60 Å². The number of hydrogen-bond donors (Lipinski definition) is 0. The SMILES string of the molecule is CCOC(=O)CCCn1cc(CN(C(=O)C2CN(C(=O)OC(C)(C)C)CCO2)C2CC2)c2ccccc21. The number of ether oxygens (including phenoxy) is 3. The van der Waals surface area contributed by atoms with E-state index in [2.05, 4.69) is 22.9 Å². The average Bonchev–Trinajstić information content (AvgIpc) is 3.64. The molecule has 1 aromatic carbocycles. The first-order chi connectivity index (χ1) is 17.7. The molecule has 1 atom stereocenters. The smallest absolute Gasteiger partial charge is 0.410 e. The monoisotopic (exact) mass is 513 g/mol. The van der Waals surface area contributed by atoms with Crippen LogP contribution in [0.3, 0.4) is 0 Å². The van der Waals surface area contributed by atoms with Gasteiger partial charge < -0.3 is 28.6 Å².